The zero-order valence-electron chi connectivity index (χ0n) is 10.6. The van der Waals surface area contributed by atoms with E-state index in [0.29, 0.717) is 0 Å². The number of fused-ring (bicyclic) bond motifs is 1. The number of benzene rings is 1. The molecule has 0 saturated heterocycles. The third-order valence-electron chi connectivity index (χ3n) is 3.12. The molecule has 0 unspecified atom stereocenters. The van der Waals surface area contributed by atoms with Crippen molar-refractivity contribution in [3.8, 4) is 6.07 Å². The molecule has 0 saturated carbocycles. The lowest BCUT2D eigenvalue weighted by Gasteiger charge is -2.05. The first kappa shape index (κ1) is 12.4. The standard InChI is InChI=1S/C15H15NO2/c1-3-18-15(17)14(9-16)13-7-5-11-8-10(2)4-6-12(11)13/h4,6,8H,3,5,7H2,1-2H3/b14-13-. The van der Waals surface area contributed by atoms with Crippen molar-refractivity contribution >= 4 is 11.5 Å². The van der Waals surface area contributed by atoms with Crippen molar-refractivity contribution in [2.45, 2.75) is 26.7 Å². The van der Waals surface area contributed by atoms with E-state index >= 15 is 0 Å². The Bertz CT molecular complexity index is 564. The monoisotopic (exact) mass is 241 g/mol. The van der Waals surface area contributed by atoms with Gasteiger partial charge in [-0.3, -0.25) is 0 Å². The fourth-order valence-corrected chi connectivity index (χ4v) is 2.32. The third kappa shape index (κ3) is 2.14. The number of rotatable bonds is 2. The van der Waals surface area contributed by atoms with Crippen molar-refractivity contribution in [2.75, 3.05) is 6.61 Å². The first-order valence-electron chi connectivity index (χ1n) is 6.07. The van der Waals surface area contributed by atoms with Gasteiger partial charge in [0, 0.05) is 0 Å². The Morgan fingerprint density at radius 2 is 2.22 bits per heavy atom. The molecule has 1 aromatic carbocycles. The molecule has 0 fully saturated rings. The summed E-state index contributed by atoms with van der Waals surface area (Å²) in [5, 5.41) is 9.15. The summed E-state index contributed by atoms with van der Waals surface area (Å²) in [6.07, 6.45) is 1.62. The average molecular weight is 241 g/mol. The minimum absolute atomic E-state index is 0.152. The molecule has 0 aromatic heterocycles. The normalized spacial score (nSPS) is 15.8. The van der Waals surface area contributed by atoms with Crippen molar-refractivity contribution in [3.05, 3.63) is 40.5 Å². The Balaban J connectivity index is 2.48. The molecule has 3 nitrogen and oxygen atoms in total. The molecule has 0 spiro atoms. The number of hydrogen-bond acceptors (Lipinski definition) is 3. The maximum atomic E-state index is 11.7. The molecule has 92 valence electrons. The first-order chi connectivity index (χ1) is 8.67. The number of esters is 1. The minimum Gasteiger partial charge on any atom is -0.462 e. The highest BCUT2D eigenvalue weighted by atomic mass is 16.5. The van der Waals surface area contributed by atoms with E-state index in [4.69, 9.17) is 10.00 Å². The van der Waals surface area contributed by atoms with Gasteiger partial charge in [-0.15, -0.1) is 0 Å². The van der Waals surface area contributed by atoms with E-state index in [-0.39, 0.29) is 12.2 Å². The summed E-state index contributed by atoms with van der Waals surface area (Å²) in [5.74, 6) is -0.511. The average Bonchev–Trinajstić information content (AvgIpc) is 2.73. The topological polar surface area (TPSA) is 50.1 Å². The van der Waals surface area contributed by atoms with Gasteiger partial charge in [0.25, 0.3) is 0 Å². The number of ether oxygens (including phenoxy) is 1. The second kappa shape index (κ2) is 5.05. The highest BCUT2D eigenvalue weighted by Crippen LogP contribution is 2.35. The molecule has 2 rings (SSSR count). The van der Waals surface area contributed by atoms with Gasteiger partial charge in [0.2, 0.25) is 0 Å². The van der Waals surface area contributed by atoms with E-state index < -0.39 is 5.97 Å². The van der Waals surface area contributed by atoms with Crippen LogP contribution in [0.5, 0.6) is 0 Å². The highest BCUT2D eigenvalue weighted by molar-refractivity contribution is 6.02. The predicted molar refractivity (Wildman–Crippen MR) is 68.7 cm³/mol. The largest absolute Gasteiger partial charge is 0.462 e. The molecule has 1 aliphatic rings. The van der Waals surface area contributed by atoms with E-state index in [0.717, 1.165) is 24.0 Å². The fourth-order valence-electron chi connectivity index (χ4n) is 2.32. The number of nitriles is 1. The molecule has 0 amide bonds. The molecule has 0 radical (unpaired) electrons. The molecular weight excluding hydrogens is 226 g/mol. The predicted octanol–water partition coefficient (Wildman–Crippen LogP) is 2.78. The van der Waals surface area contributed by atoms with Gasteiger partial charge in [-0.05, 0) is 43.4 Å². The Morgan fingerprint density at radius 3 is 2.89 bits per heavy atom. The van der Waals surface area contributed by atoms with Gasteiger partial charge >= 0.3 is 5.97 Å². The van der Waals surface area contributed by atoms with Crippen LogP contribution in [0, 0.1) is 18.3 Å². The van der Waals surface area contributed by atoms with Crippen LogP contribution in [0.15, 0.2) is 23.8 Å². The zero-order valence-corrected chi connectivity index (χ0v) is 10.6. The third-order valence-corrected chi connectivity index (χ3v) is 3.12. The number of carbonyl (C=O) groups is 1. The Kier molecular flexibility index (Phi) is 3.47. The Morgan fingerprint density at radius 1 is 1.44 bits per heavy atom. The van der Waals surface area contributed by atoms with Crippen molar-refractivity contribution < 1.29 is 9.53 Å². The van der Waals surface area contributed by atoms with Crippen LogP contribution in [0.25, 0.3) is 5.57 Å². The lowest BCUT2D eigenvalue weighted by Crippen LogP contribution is -2.08. The summed E-state index contributed by atoms with van der Waals surface area (Å²) < 4.78 is 4.93. The lowest BCUT2D eigenvalue weighted by molar-refractivity contribution is -0.137. The molecule has 0 atom stereocenters. The van der Waals surface area contributed by atoms with Gasteiger partial charge in [-0.2, -0.15) is 5.26 Å². The number of aryl methyl sites for hydroxylation is 2. The first-order valence-corrected chi connectivity index (χ1v) is 6.07. The van der Waals surface area contributed by atoms with Gasteiger partial charge in [0.1, 0.15) is 11.6 Å². The van der Waals surface area contributed by atoms with E-state index in [1.165, 1.54) is 11.1 Å². The maximum Gasteiger partial charge on any atom is 0.349 e. The van der Waals surface area contributed by atoms with Gasteiger partial charge in [-0.1, -0.05) is 23.8 Å². The van der Waals surface area contributed by atoms with Crippen molar-refractivity contribution in [1.82, 2.24) is 0 Å². The quantitative estimate of drug-likeness (QED) is 0.454. The van der Waals surface area contributed by atoms with Crippen LogP contribution < -0.4 is 0 Å². The minimum atomic E-state index is -0.511. The van der Waals surface area contributed by atoms with Gasteiger partial charge in [0.05, 0.1) is 6.61 Å². The SMILES string of the molecule is CCOC(=O)/C(C#N)=C1/CCc2cc(C)ccc21. The van der Waals surface area contributed by atoms with Crippen LogP contribution in [0.2, 0.25) is 0 Å². The smallest absolute Gasteiger partial charge is 0.349 e. The van der Waals surface area contributed by atoms with Gasteiger partial charge in [-0.25, -0.2) is 4.79 Å². The number of nitrogens with zero attached hydrogens (tertiary/aromatic N) is 1. The van der Waals surface area contributed by atoms with Crippen molar-refractivity contribution in [2.24, 2.45) is 0 Å². The zero-order chi connectivity index (χ0) is 13.1. The van der Waals surface area contributed by atoms with E-state index in [2.05, 4.69) is 6.07 Å². The summed E-state index contributed by atoms with van der Waals surface area (Å²) in [7, 11) is 0. The summed E-state index contributed by atoms with van der Waals surface area (Å²) in [6.45, 7) is 4.07. The second-order valence-electron chi connectivity index (χ2n) is 4.35. The molecule has 3 heteroatoms. The van der Waals surface area contributed by atoms with E-state index in [1.54, 1.807) is 6.92 Å². The highest BCUT2D eigenvalue weighted by Gasteiger charge is 2.24. The van der Waals surface area contributed by atoms with Crippen LogP contribution in [-0.2, 0) is 16.0 Å². The van der Waals surface area contributed by atoms with E-state index in [1.807, 2.05) is 25.1 Å². The molecule has 1 aliphatic carbocycles. The summed E-state index contributed by atoms with van der Waals surface area (Å²) >= 11 is 0. The Labute approximate surface area is 107 Å². The second-order valence-corrected chi connectivity index (χ2v) is 4.35. The summed E-state index contributed by atoms with van der Waals surface area (Å²) in [6, 6.07) is 8.10. The van der Waals surface area contributed by atoms with Crippen LogP contribution in [0.3, 0.4) is 0 Å². The van der Waals surface area contributed by atoms with Gasteiger partial charge < -0.3 is 4.74 Å². The van der Waals surface area contributed by atoms with Gasteiger partial charge in [0.15, 0.2) is 0 Å². The maximum absolute atomic E-state index is 11.7. The van der Waals surface area contributed by atoms with Crippen LogP contribution in [0.1, 0.15) is 30.0 Å². The fraction of sp³-hybridized carbons (Fsp3) is 0.333. The van der Waals surface area contributed by atoms with Crippen LogP contribution in [0.4, 0.5) is 0 Å². The molecule has 0 aliphatic heterocycles. The molecule has 18 heavy (non-hydrogen) atoms. The van der Waals surface area contributed by atoms with Crippen LogP contribution in [-0.4, -0.2) is 12.6 Å². The molecule has 0 N–H and O–H groups in total. The lowest BCUT2D eigenvalue weighted by atomic mass is 10.0. The molecular formula is C15H15NO2. The number of allylic oxidation sites excluding steroid dienone is 1. The summed E-state index contributed by atoms with van der Waals surface area (Å²) in [4.78, 5) is 11.7. The van der Waals surface area contributed by atoms with E-state index in [9.17, 15) is 4.79 Å². The molecule has 1 aromatic rings. The van der Waals surface area contributed by atoms with Crippen molar-refractivity contribution in [1.29, 1.82) is 5.26 Å². The summed E-state index contributed by atoms with van der Waals surface area (Å²) in [5.41, 5.74) is 4.40. The number of hydrogen-bond donors (Lipinski definition) is 0. The number of carbonyl (C=O) groups excluding carboxylic acids is 1. The molecule has 0 heterocycles. The van der Waals surface area contributed by atoms with Crippen LogP contribution >= 0.6 is 0 Å². The molecule has 0 bridgehead atoms. The van der Waals surface area contributed by atoms with Crippen molar-refractivity contribution in [3.63, 3.8) is 0 Å². The Hall–Kier alpha value is -2.08.